The van der Waals surface area contributed by atoms with Gasteiger partial charge in [-0.2, -0.15) is 0 Å². The van der Waals surface area contributed by atoms with Gasteiger partial charge in [-0.25, -0.2) is 8.42 Å². The van der Waals surface area contributed by atoms with E-state index in [9.17, 15) is 18.5 Å². The van der Waals surface area contributed by atoms with Gasteiger partial charge in [0.05, 0.1) is 16.4 Å². The van der Waals surface area contributed by atoms with Crippen molar-refractivity contribution in [3.63, 3.8) is 0 Å². The summed E-state index contributed by atoms with van der Waals surface area (Å²) >= 11 is 0. The molecule has 1 aromatic carbocycles. The minimum Gasteiger partial charge on any atom is -0.380 e. The number of benzene rings is 1. The monoisotopic (exact) mass is 313 g/mol. The van der Waals surface area contributed by atoms with Gasteiger partial charge in [-0.1, -0.05) is 6.07 Å². The topological polar surface area (TPSA) is 101 Å². The first-order valence-corrected chi connectivity index (χ1v) is 8.73. The van der Waals surface area contributed by atoms with E-state index in [0.717, 1.165) is 0 Å². The molecule has 0 saturated carbocycles. The molecule has 21 heavy (non-hydrogen) atoms. The molecule has 1 fully saturated rings. The molecule has 1 aliphatic rings. The molecule has 0 radical (unpaired) electrons. The van der Waals surface area contributed by atoms with E-state index in [0.29, 0.717) is 30.8 Å². The zero-order valence-electron chi connectivity index (χ0n) is 11.8. The Morgan fingerprint density at radius 3 is 2.71 bits per heavy atom. The van der Waals surface area contributed by atoms with Crippen molar-refractivity contribution in [1.29, 1.82) is 0 Å². The van der Waals surface area contributed by atoms with Crippen LogP contribution in [-0.4, -0.2) is 37.4 Å². The number of hydrogen-bond donors (Lipinski definition) is 2. The van der Waals surface area contributed by atoms with Crippen LogP contribution in [0, 0.1) is 10.1 Å². The molecule has 2 rings (SSSR count). The molecule has 1 unspecified atom stereocenters. The van der Waals surface area contributed by atoms with Gasteiger partial charge < -0.3 is 10.6 Å². The van der Waals surface area contributed by atoms with Crippen LogP contribution in [-0.2, 0) is 9.84 Å². The van der Waals surface area contributed by atoms with E-state index in [1.165, 1.54) is 0 Å². The summed E-state index contributed by atoms with van der Waals surface area (Å²) in [5, 5.41) is 17.3. The summed E-state index contributed by atoms with van der Waals surface area (Å²) in [4.78, 5) is 10.8. The third-order valence-corrected chi connectivity index (χ3v) is 5.23. The number of rotatable bonds is 5. The Morgan fingerprint density at radius 1 is 1.38 bits per heavy atom. The van der Waals surface area contributed by atoms with Gasteiger partial charge in [0.25, 0.3) is 0 Å². The lowest BCUT2D eigenvalue weighted by molar-refractivity contribution is -0.383. The number of nitro benzene ring substituents is 1. The fraction of sp³-hybridized carbons (Fsp3) is 0.538. The number of para-hydroxylation sites is 1. The smallest absolute Gasteiger partial charge is 0.315 e. The van der Waals surface area contributed by atoms with Gasteiger partial charge in [-0.3, -0.25) is 10.1 Å². The standard InChI is InChI=1S/C13H19N3O4S/c1-2-14-11-6-3-7-12(13(11)16(17)18)15-10-5-4-8-21(19,20)9-10/h3,6-7,10,14-15H,2,4-5,8-9H2,1H3. The van der Waals surface area contributed by atoms with E-state index in [2.05, 4.69) is 10.6 Å². The first-order chi connectivity index (χ1) is 9.93. The predicted octanol–water partition coefficient (Wildman–Crippen LogP) is 2.02. The van der Waals surface area contributed by atoms with E-state index >= 15 is 0 Å². The van der Waals surface area contributed by atoms with Gasteiger partial charge in [0.1, 0.15) is 11.4 Å². The van der Waals surface area contributed by atoms with E-state index in [1.807, 2.05) is 6.92 Å². The summed E-state index contributed by atoms with van der Waals surface area (Å²) in [5.74, 6) is 0.223. The van der Waals surface area contributed by atoms with Crippen molar-refractivity contribution in [3.05, 3.63) is 28.3 Å². The van der Waals surface area contributed by atoms with Gasteiger partial charge in [0, 0.05) is 12.6 Å². The fourth-order valence-electron chi connectivity index (χ4n) is 2.55. The van der Waals surface area contributed by atoms with Gasteiger partial charge in [0.15, 0.2) is 9.84 Å². The second-order valence-corrected chi connectivity index (χ2v) is 7.32. The minimum atomic E-state index is -3.05. The SMILES string of the molecule is CCNc1cccc(NC2CCCS(=O)(=O)C2)c1[N+](=O)[O-]. The van der Waals surface area contributed by atoms with Crippen LogP contribution in [0.25, 0.3) is 0 Å². The molecule has 1 aliphatic heterocycles. The Bertz CT molecular complexity index is 630. The molecule has 0 spiro atoms. The molecule has 1 aromatic rings. The summed E-state index contributed by atoms with van der Waals surface area (Å²) in [5.41, 5.74) is 0.758. The first kappa shape index (κ1) is 15.6. The molecule has 1 heterocycles. The van der Waals surface area contributed by atoms with Crippen LogP contribution in [0.5, 0.6) is 0 Å². The van der Waals surface area contributed by atoms with Crippen molar-refractivity contribution in [3.8, 4) is 0 Å². The normalized spacial score (nSPS) is 20.7. The maximum Gasteiger partial charge on any atom is 0.315 e. The van der Waals surface area contributed by atoms with Crippen molar-refractivity contribution < 1.29 is 13.3 Å². The van der Waals surface area contributed by atoms with Crippen LogP contribution in [0.15, 0.2) is 18.2 Å². The number of nitrogens with zero attached hydrogens (tertiary/aromatic N) is 1. The summed E-state index contributed by atoms with van der Waals surface area (Å²) in [6.45, 7) is 2.43. The van der Waals surface area contributed by atoms with E-state index < -0.39 is 14.8 Å². The molecule has 116 valence electrons. The van der Waals surface area contributed by atoms with Gasteiger partial charge >= 0.3 is 5.69 Å². The van der Waals surface area contributed by atoms with Gasteiger partial charge in [-0.05, 0) is 31.9 Å². The molecule has 0 aromatic heterocycles. The highest BCUT2D eigenvalue weighted by Crippen LogP contribution is 2.34. The van der Waals surface area contributed by atoms with Crippen molar-refractivity contribution in [2.75, 3.05) is 28.7 Å². The van der Waals surface area contributed by atoms with Crippen LogP contribution in [0.1, 0.15) is 19.8 Å². The molecule has 1 atom stereocenters. The highest BCUT2D eigenvalue weighted by molar-refractivity contribution is 7.91. The Kier molecular flexibility index (Phi) is 4.66. The molecule has 8 heteroatoms. The maximum absolute atomic E-state index is 11.7. The predicted molar refractivity (Wildman–Crippen MR) is 82.6 cm³/mol. The molecular formula is C13H19N3O4S. The van der Waals surface area contributed by atoms with Crippen molar-refractivity contribution in [2.45, 2.75) is 25.8 Å². The average molecular weight is 313 g/mol. The summed E-state index contributed by atoms with van der Waals surface area (Å²) in [6.07, 6.45) is 1.28. The molecule has 0 aliphatic carbocycles. The Balaban J connectivity index is 2.27. The van der Waals surface area contributed by atoms with Crippen LogP contribution in [0.2, 0.25) is 0 Å². The molecule has 7 nitrogen and oxygen atoms in total. The molecule has 1 saturated heterocycles. The van der Waals surface area contributed by atoms with Crippen molar-refractivity contribution >= 4 is 26.9 Å². The lowest BCUT2D eigenvalue weighted by Crippen LogP contribution is -2.35. The highest BCUT2D eigenvalue weighted by atomic mass is 32.2. The summed E-state index contributed by atoms with van der Waals surface area (Å²) < 4.78 is 23.3. The third kappa shape index (κ3) is 3.84. The van der Waals surface area contributed by atoms with E-state index in [4.69, 9.17) is 0 Å². The number of anilines is 2. The lowest BCUT2D eigenvalue weighted by Gasteiger charge is -2.24. The molecular weight excluding hydrogens is 294 g/mol. The Labute approximate surface area is 123 Å². The minimum absolute atomic E-state index is 0.0234. The van der Waals surface area contributed by atoms with E-state index in [1.54, 1.807) is 18.2 Å². The molecule has 2 N–H and O–H groups in total. The maximum atomic E-state index is 11.7. The van der Waals surface area contributed by atoms with Gasteiger partial charge in [-0.15, -0.1) is 0 Å². The van der Waals surface area contributed by atoms with Crippen molar-refractivity contribution in [2.24, 2.45) is 0 Å². The Morgan fingerprint density at radius 2 is 2.10 bits per heavy atom. The fourth-order valence-corrected chi connectivity index (χ4v) is 4.18. The number of hydrogen-bond acceptors (Lipinski definition) is 6. The van der Waals surface area contributed by atoms with Gasteiger partial charge in [0.2, 0.25) is 0 Å². The average Bonchev–Trinajstić information content (AvgIpc) is 2.37. The second-order valence-electron chi connectivity index (χ2n) is 5.09. The third-order valence-electron chi connectivity index (χ3n) is 3.41. The Hall–Kier alpha value is -1.83. The van der Waals surface area contributed by atoms with Crippen molar-refractivity contribution in [1.82, 2.24) is 0 Å². The van der Waals surface area contributed by atoms with Crippen LogP contribution in [0.4, 0.5) is 17.1 Å². The highest BCUT2D eigenvalue weighted by Gasteiger charge is 2.27. The van der Waals surface area contributed by atoms with Crippen LogP contribution >= 0.6 is 0 Å². The second kappa shape index (κ2) is 6.30. The largest absolute Gasteiger partial charge is 0.380 e. The molecule has 0 bridgehead atoms. The quantitative estimate of drug-likeness (QED) is 0.637. The first-order valence-electron chi connectivity index (χ1n) is 6.91. The lowest BCUT2D eigenvalue weighted by atomic mass is 10.1. The number of nitrogens with one attached hydrogen (secondary N) is 2. The summed E-state index contributed by atoms with van der Waals surface area (Å²) in [6, 6.07) is 4.69. The number of sulfone groups is 1. The summed E-state index contributed by atoms with van der Waals surface area (Å²) in [7, 11) is -3.05. The zero-order valence-corrected chi connectivity index (χ0v) is 12.6. The van der Waals surface area contributed by atoms with E-state index in [-0.39, 0.29) is 23.2 Å². The number of nitro groups is 1. The zero-order chi connectivity index (χ0) is 15.5. The van der Waals surface area contributed by atoms with Crippen LogP contribution < -0.4 is 10.6 Å². The van der Waals surface area contributed by atoms with Crippen LogP contribution in [0.3, 0.4) is 0 Å². The molecule has 0 amide bonds.